The maximum atomic E-state index is 12.8. The number of sulfonamides is 1. The number of carbonyl (C=O) groups excluding carboxylic acids is 1. The Morgan fingerprint density at radius 1 is 1.07 bits per heavy atom. The standard InChI is InChI=1S/C19H21N3O5S/c23-19(13-15-7-9-17(10-8-15)22(24)25)20-16-5-4-6-18(14-16)28(26,27)21-11-2-1-3-12-21/h4-10,14H,1-3,11-13H2,(H,20,23). The maximum Gasteiger partial charge on any atom is 0.269 e. The first-order chi connectivity index (χ1) is 13.4. The molecule has 0 aromatic heterocycles. The number of non-ortho nitro benzene ring substituents is 1. The van der Waals surface area contributed by atoms with E-state index in [0.717, 1.165) is 19.3 Å². The fraction of sp³-hybridized carbons (Fsp3) is 0.316. The molecule has 0 unspecified atom stereocenters. The number of nitro groups is 1. The summed E-state index contributed by atoms with van der Waals surface area (Å²) in [7, 11) is -3.57. The number of nitro benzene ring substituents is 1. The van der Waals surface area contributed by atoms with Crippen LogP contribution >= 0.6 is 0 Å². The minimum absolute atomic E-state index is 0.0289. The van der Waals surface area contributed by atoms with Crippen LogP contribution in [-0.2, 0) is 21.2 Å². The van der Waals surface area contributed by atoms with Gasteiger partial charge in [-0.25, -0.2) is 8.42 Å². The lowest BCUT2D eigenvalue weighted by Gasteiger charge is -2.26. The largest absolute Gasteiger partial charge is 0.326 e. The summed E-state index contributed by atoms with van der Waals surface area (Å²) >= 11 is 0. The van der Waals surface area contributed by atoms with Crippen LogP contribution in [0.4, 0.5) is 11.4 Å². The van der Waals surface area contributed by atoms with Gasteiger partial charge in [0, 0.05) is 30.9 Å². The van der Waals surface area contributed by atoms with Crippen molar-refractivity contribution in [2.45, 2.75) is 30.6 Å². The van der Waals surface area contributed by atoms with Crippen molar-refractivity contribution in [3.63, 3.8) is 0 Å². The first-order valence-electron chi connectivity index (χ1n) is 9.00. The summed E-state index contributed by atoms with van der Waals surface area (Å²) in [5.74, 6) is -0.332. The lowest BCUT2D eigenvalue weighted by molar-refractivity contribution is -0.384. The van der Waals surface area contributed by atoms with Crippen LogP contribution in [0.3, 0.4) is 0 Å². The Morgan fingerprint density at radius 3 is 2.39 bits per heavy atom. The van der Waals surface area contributed by atoms with Crippen LogP contribution in [-0.4, -0.2) is 36.6 Å². The number of nitrogens with zero attached hydrogens (tertiary/aromatic N) is 2. The van der Waals surface area contributed by atoms with E-state index >= 15 is 0 Å². The molecule has 2 aromatic rings. The number of benzene rings is 2. The molecule has 1 heterocycles. The smallest absolute Gasteiger partial charge is 0.269 e. The average Bonchev–Trinajstić information content (AvgIpc) is 2.69. The molecule has 148 valence electrons. The second-order valence-corrected chi connectivity index (χ2v) is 8.58. The molecule has 2 aromatic carbocycles. The zero-order valence-electron chi connectivity index (χ0n) is 15.2. The fourth-order valence-electron chi connectivity index (χ4n) is 3.11. The molecule has 0 aliphatic carbocycles. The van der Waals surface area contributed by atoms with Crippen LogP contribution in [0.5, 0.6) is 0 Å². The van der Waals surface area contributed by atoms with Gasteiger partial charge >= 0.3 is 0 Å². The lowest BCUT2D eigenvalue weighted by atomic mass is 10.1. The summed E-state index contributed by atoms with van der Waals surface area (Å²) in [6.07, 6.45) is 2.77. The molecule has 0 spiro atoms. The molecule has 8 nitrogen and oxygen atoms in total. The van der Waals surface area contributed by atoms with E-state index in [-0.39, 0.29) is 22.9 Å². The van der Waals surface area contributed by atoms with E-state index in [2.05, 4.69) is 5.32 Å². The Labute approximate surface area is 163 Å². The SMILES string of the molecule is O=C(Cc1ccc([N+](=O)[O-])cc1)Nc1cccc(S(=O)(=O)N2CCCCC2)c1. The van der Waals surface area contributed by atoms with Crippen LogP contribution in [0, 0.1) is 10.1 Å². The second-order valence-electron chi connectivity index (χ2n) is 6.64. The van der Waals surface area contributed by atoms with Crippen molar-refractivity contribution in [1.82, 2.24) is 4.31 Å². The van der Waals surface area contributed by atoms with E-state index in [1.165, 1.54) is 40.7 Å². The van der Waals surface area contributed by atoms with Crippen LogP contribution in [0.15, 0.2) is 53.4 Å². The summed E-state index contributed by atoms with van der Waals surface area (Å²) in [6.45, 7) is 1.03. The van der Waals surface area contributed by atoms with Crippen molar-refractivity contribution in [1.29, 1.82) is 0 Å². The Kier molecular flexibility index (Phi) is 6.05. The van der Waals surface area contributed by atoms with Gasteiger partial charge in [0.15, 0.2) is 0 Å². The van der Waals surface area contributed by atoms with E-state index in [9.17, 15) is 23.3 Å². The number of carbonyl (C=O) groups is 1. The fourth-order valence-corrected chi connectivity index (χ4v) is 4.68. The van der Waals surface area contributed by atoms with Gasteiger partial charge in [-0.15, -0.1) is 0 Å². The highest BCUT2D eigenvalue weighted by Gasteiger charge is 2.26. The highest BCUT2D eigenvalue weighted by molar-refractivity contribution is 7.89. The third kappa shape index (κ3) is 4.73. The van der Waals surface area contributed by atoms with E-state index in [1.807, 2.05) is 0 Å². The van der Waals surface area contributed by atoms with Gasteiger partial charge in [-0.3, -0.25) is 14.9 Å². The molecular weight excluding hydrogens is 382 g/mol. The minimum atomic E-state index is -3.57. The van der Waals surface area contributed by atoms with Crippen LogP contribution < -0.4 is 5.32 Å². The van der Waals surface area contributed by atoms with Crippen molar-refractivity contribution in [2.75, 3.05) is 18.4 Å². The first kappa shape index (κ1) is 20.0. The van der Waals surface area contributed by atoms with Gasteiger partial charge in [0.2, 0.25) is 15.9 Å². The first-order valence-corrected chi connectivity index (χ1v) is 10.4. The van der Waals surface area contributed by atoms with E-state index < -0.39 is 14.9 Å². The number of hydrogen-bond donors (Lipinski definition) is 1. The predicted octanol–water partition coefficient (Wildman–Crippen LogP) is 2.95. The topological polar surface area (TPSA) is 110 Å². The lowest BCUT2D eigenvalue weighted by Crippen LogP contribution is -2.35. The Balaban J connectivity index is 1.68. The number of nitrogens with one attached hydrogen (secondary N) is 1. The zero-order valence-corrected chi connectivity index (χ0v) is 16.0. The molecule has 1 aliphatic heterocycles. The van der Waals surface area contributed by atoms with E-state index in [1.54, 1.807) is 12.1 Å². The summed E-state index contributed by atoms with van der Waals surface area (Å²) in [6, 6.07) is 11.9. The molecule has 1 aliphatic rings. The molecule has 0 atom stereocenters. The molecule has 3 rings (SSSR count). The molecular formula is C19H21N3O5S. The number of hydrogen-bond acceptors (Lipinski definition) is 5. The van der Waals surface area contributed by atoms with Crippen LogP contribution in [0.2, 0.25) is 0 Å². The number of rotatable bonds is 6. The molecule has 1 fully saturated rings. The predicted molar refractivity (Wildman–Crippen MR) is 104 cm³/mol. The van der Waals surface area contributed by atoms with Gasteiger partial charge in [0.1, 0.15) is 0 Å². The molecule has 28 heavy (non-hydrogen) atoms. The minimum Gasteiger partial charge on any atom is -0.326 e. The average molecular weight is 403 g/mol. The maximum absolute atomic E-state index is 12.8. The Bertz CT molecular complexity index is 967. The summed E-state index contributed by atoms with van der Waals surface area (Å²) in [5, 5.41) is 13.4. The van der Waals surface area contributed by atoms with Crippen LogP contribution in [0.1, 0.15) is 24.8 Å². The highest BCUT2D eigenvalue weighted by atomic mass is 32.2. The second kappa shape index (κ2) is 8.49. The van der Waals surface area contributed by atoms with E-state index in [0.29, 0.717) is 24.3 Å². The zero-order chi connectivity index (χ0) is 20.1. The number of piperidine rings is 1. The van der Waals surface area contributed by atoms with Gasteiger partial charge in [0.25, 0.3) is 5.69 Å². The third-order valence-electron chi connectivity index (χ3n) is 4.58. The van der Waals surface area contributed by atoms with E-state index in [4.69, 9.17) is 0 Å². The monoisotopic (exact) mass is 403 g/mol. The third-order valence-corrected chi connectivity index (χ3v) is 6.48. The van der Waals surface area contributed by atoms with Crippen molar-refractivity contribution >= 4 is 27.3 Å². The molecule has 0 saturated carbocycles. The molecule has 1 amide bonds. The van der Waals surface area contributed by atoms with Gasteiger partial charge in [-0.2, -0.15) is 4.31 Å². The van der Waals surface area contributed by atoms with Gasteiger partial charge in [-0.05, 0) is 36.6 Å². The molecule has 1 N–H and O–H groups in total. The van der Waals surface area contributed by atoms with Crippen molar-refractivity contribution < 1.29 is 18.1 Å². The van der Waals surface area contributed by atoms with Crippen molar-refractivity contribution in [3.05, 3.63) is 64.2 Å². The van der Waals surface area contributed by atoms with Crippen LogP contribution in [0.25, 0.3) is 0 Å². The molecule has 1 saturated heterocycles. The van der Waals surface area contributed by atoms with Crippen molar-refractivity contribution in [3.8, 4) is 0 Å². The summed E-state index contributed by atoms with van der Waals surface area (Å²) in [4.78, 5) is 22.6. The Hall–Kier alpha value is -2.78. The molecule has 9 heteroatoms. The summed E-state index contributed by atoms with van der Waals surface area (Å²) in [5.41, 5.74) is 0.977. The normalized spacial score (nSPS) is 15.1. The molecule has 0 radical (unpaired) electrons. The number of anilines is 1. The van der Waals surface area contributed by atoms with Gasteiger partial charge < -0.3 is 5.32 Å². The summed E-state index contributed by atoms with van der Waals surface area (Å²) < 4.78 is 27.0. The quantitative estimate of drug-likeness (QED) is 0.589. The Morgan fingerprint density at radius 2 is 1.75 bits per heavy atom. The number of amides is 1. The van der Waals surface area contributed by atoms with Gasteiger partial charge in [-0.1, -0.05) is 24.6 Å². The highest BCUT2D eigenvalue weighted by Crippen LogP contribution is 2.23. The van der Waals surface area contributed by atoms with Crippen molar-refractivity contribution in [2.24, 2.45) is 0 Å². The molecule has 0 bridgehead atoms. The van der Waals surface area contributed by atoms with Gasteiger partial charge in [0.05, 0.1) is 16.2 Å².